The van der Waals surface area contributed by atoms with Crippen molar-refractivity contribution < 1.29 is 9.72 Å². The number of allylic oxidation sites excluding steroid dienone is 5. The van der Waals surface area contributed by atoms with Crippen molar-refractivity contribution in [2.24, 2.45) is 0 Å². The molecule has 0 heterocycles. The lowest BCUT2D eigenvalue weighted by Gasteiger charge is -2.03. The van der Waals surface area contributed by atoms with Gasteiger partial charge in [0, 0.05) is 6.07 Å². The van der Waals surface area contributed by atoms with Crippen molar-refractivity contribution in [2.75, 3.05) is 0 Å². The molecule has 4 nitrogen and oxygen atoms in total. The summed E-state index contributed by atoms with van der Waals surface area (Å²) in [5.41, 5.74) is 1.45. The summed E-state index contributed by atoms with van der Waals surface area (Å²) in [6.45, 7) is 5.47. The summed E-state index contributed by atoms with van der Waals surface area (Å²) >= 11 is 0. The maximum atomic E-state index is 10.9. The fourth-order valence-corrected chi connectivity index (χ4v) is 1.55. The maximum absolute atomic E-state index is 10.9. The molecule has 0 radical (unpaired) electrons. The molecule has 0 aliphatic heterocycles. The molecular formula is C14H13NO3. The highest BCUT2D eigenvalue weighted by Crippen LogP contribution is 2.23. The molecule has 0 aliphatic rings. The van der Waals surface area contributed by atoms with Crippen molar-refractivity contribution in [3.8, 4) is 0 Å². The van der Waals surface area contributed by atoms with Gasteiger partial charge in [0.05, 0.1) is 10.5 Å². The van der Waals surface area contributed by atoms with Crippen LogP contribution in [0.4, 0.5) is 5.69 Å². The summed E-state index contributed by atoms with van der Waals surface area (Å²) in [4.78, 5) is 21.0. The van der Waals surface area contributed by atoms with Gasteiger partial charge >= 0.3 is 0 Å². The monoisotopic (exact) mass is 243 g/mol. The predicted molar refractivity (Wildman–Crippen MR) is 71.5 cm³/mol. The van der Waals surface area contributed by atoms with Gasteiger partial charge in [-0.1, -0.05) is 30.9 Å². The molecule has 0 atom stereocenters. The number of hydrogen-bond acceptors (Lipinski definition) is 3. The topological polar surface area (TPSA) is 60.2 Å². The molecule has 4 heteroatoms. The number of hydrogen-bond donors (Lipinski definition) is 0. The Morgan fingerprint density at radius 2 is 2.17 bits per heavy atom. The van der Waals surface area contributed by atoms with E-state index in [0.717, 1.165) is 11.1 Å². The number of nitrogens with zero attached hydrogens (tertiary/aromatic N) is 1. The summed E-state index contributed by atoms with van der Waals surface area (Å²) in [6, 6.07) is 4.44. The molecule has 0 aromatic heterocycles. The number of nitro groups is 1. The second kappa shape index (κ2) is 6.30. The minimum atomic E-state index is -0.569. The van der Waals surface area contributed by atoms with Gasteiger partial charge < -0.3 is 0 Å². The summed E-state index contributed by atoms with van der Waals surface area (Å²) in [5.74, 6) is 0. The van der Waals surface area contributed by atoms with Crippen molar-refractivity contribution in [3.63, 3.8) is 0 Å². The van der Waals surface area contributed by atoms with Crippen molar-refractivity contribution in [2.45, 2.75) is 6.92 Å². The van der Waals surface area contributed by atoms with Gasteiger partial charge in [-0.2, -0.15) is 0 Å². The molecule has 0 aliphatic carbocycles. The van der Waals surface area contributed by atoms with Crippen LogP contribution in [-0.2, 0) is 0 Å². The van der Waals surface area contributed by atoms with Crippen molar-refractivity contribution in [1.29, 1.82) is 0 Å². The Hall–Kier alpha value is -2.49. The number of carbonyl (C=O) groups excluding carboxylic acids is 1. The fraction of sp³-hybridized carbons (Fsp3) is 0.0714. The highest BCUT2D eigenvalue weighted by atomic mass is 16.6. The van der Waals surface area contributed by atoms with Gasteiger partial charge in [0.15, 0.2) is 6.29 Å². The third-order valence-electron chi connectivity index (χ3n) is 2.33. The Morgan fingerprint density at radius 1 is 1.44 bits per heavy atom. The number of benzene rings is 1. The summed E-state index contributed by atoms with van der Waals surface area (Å²) in [6.07, 6.45) is 7.57. The standard InChI is InChI=1S/C14H13NO3/c1-3-5-11(6-4-2)12-7-8-14(15(17)18)13(9-12)10-16/h3-10H,1H2,2H3/b6-4-,11-5+. The first kappa shape index (κ1) is 13.6. The van der Waals surface area contributed by atoms with Crippen LogP contribution in [0.3, 0.4) is 0 Å². The zero-order valence-electron chi connectivity index (χ0n) is 10.00. The molecular weight excluding hydrogens is 230 g/mol. The Labute approximate surface area is 105 Å². The van der Waals surface area contributed by atoms with Crippen LogP contribution < -0.4 is 0 Å². The first-order valence-electron chi connectivity index (χ1n) is 5.33. The molecule has 18 heavy (non-hydrogen) atoms. The van der Waals surface area contributed by atoms with E-state index in [9.17, 15) is 14.9 Å². The lowest BCUT2D eigenvalue weighted by molar-refractivity contribution is -0.385. The third kappa shape index (κ3) is 3.01. The van der Waals surface area contributed by atoms with Crippen LogP contribution in [0.5, 0.6) is 0 Å². The zero-order valence-corrected chi connectivity index (χ0v) is 10.00. The molecule has 0 amide bonds. The molecule has 0 saturated carbocycles. The minimum absolute atomic E-state index is 0.0666. The summed E-state index contributed by atoms with van der Waals surface area (Å²) in [5, 5.41) is 10.7. The van der Waals surface area contributed by atoms with Crippen LogP contribution in [0, 0.1) is 10.1 Å². The number of aldehydes is 1. The van der Waals surface area contributed by atoms with Crippen LogP contribution in [0.1, 0.15) is 22.8 Å². The first-order valence-corrected chi connectivity index (χ1v) is 5.33. The van der Waals surface area contributed by atoms with E-state index >= 15 is 0 Å². The number of rotatable bonds is 5. The third-order valence-corrected chi connectivity index (χ3v) is 2.33. The number of carbonyl (C=O) groups is 1. The Bertz CT molecular complexity index is 542. The molecule has 1 aromatic carbocycles. The summed E-state index contributed by atoms with van der Waals surface area (Å²) in [7, 11) is 0. The Kier molecular flexibility index (Phi) is 4.75. The van der Waals surface area contributed by atoms with Gasteiger partial charge in [0.25, 0.3) is 5.69 Å². The van der Waals surface area contributed by atoms with E-state index in [0.29, 0.717) is 6.29 Å². The maximum Gasteiger partial charge on any atom is 0.279 e. The molecule has 0 bridgehead atoms. The molecule has 0 N–H and O–H groups in total. The Balaban J connectivity index is 3.35. The fourth-order valence-electron chi connectivity index (χ4n) is 1.55. The summed E-state index contributed by atoms with van der Waals surface area (Å²) < 4.78 is 0. The van der Waals surface area contributed by atoms with E-state index in [1.54, 1.807) is 18.2 Å². The van der Waals surface area contributed by atoms with Crippen LogP contribution >= 0.6 is 0 Å². The van der Waals surface area contributed by atoms with Gasteiger partial charge in [-0.3, -0.25) is 14.9 Å². The van der Waals surface area contributed by atoms with E-state index < -0.39 is 4.92 Å². The quantitative estimate of drug-likeness (QED) is 0.344. The molecule has 0 spiro atoms. The van der Waals surface area contributed by atoms with Gasteiger partial charge in [0.2, 0.25) is 0 Å². The predicted octanol–water partition coefficient (Wildman–Crippen LogP) is 3.55. The van der Waals surface area contributed by atoms with E-state index in [1.165, 1.54) is 12.1 Å². The normalized spacial score (nSPS) is 11.5. The van der Waals surface area contributed by atoms with Gasteiger partial charge in [-0.15, -0.1) is 0 Å². The molecule has 1 rings (SSSR count). The first-order chi connectivity index (χ1) is 8.63. The van der Waals surface area contributed by atoms with Crippen LogP contribution in [0.2, 0.25) is 0 Å². The SMILES string of the molecule is C=C/C=C(\C=C/C)c1ccc([N+](=O)[O-])c(C=O)c1. The minimum Gasteiger partial charge on any atom is -0.298 e. The van der Waals surface area contributed by atoms with Crippen LogP contribution in [-0.4, -0.2) is 11.2 Å². The van der Waals surface area contributed by atoms with Gasteiger partial charge in [-0.05, 0) is 30.2 Å². The highest BCUT2D eigenvalue weighted by Gasteiger charge is 2.13. The molecule has 0 unspecified atom stereocenters. The largest absolute Gasteiger partial charge is 0.298 e. The van der Waals surface area contributed by atoms with Crippen LogP contribution in [0.25, 0.3) is 5.57 Å². The van der Waals surface area contributed by atoms with Crippen molar-refractivity contribution in [1.82, 2.24) is 0 Å². The van der Waals surface area contributed by atoms with Crippen LogP contribution in [0.15, 0.2) is 49.1 Å². The lowest BCUT2D eigenvalue weighted by Crippen LogP contribution is -1.95. The molecule has 0 saturated heterocycles. The van der Waals surface area contributed by atoms with E-state index in [1.807, 2.05) is 19.1 Å². The van der Waals surface area contributed by atoms with E-state index in [2.05, 4.69) is 6.58 Å². The molecule has 1 aromatic rings. The number of nitro benzene ring substituents is 1. The second-order valence-corrected chi connectivity index (χ2v) is 3.51. The Morgan fingerprint density at radius 3 is 2.67 bits per heavy atom. The lowest BCUT2D eigenvalue weighted by atomic mass is 10.0. The van der Waals surface area contributed by atoms with Gasteiger partial charge in [-0.25, -0.2) is 0 Å². The second-order valence-electron chi connectivity index (χ2n) is 3.51. The molecule has 92 valence electrons. The zero-order chi connectivity index (χ0) is 13.5. The average Bonchev–Trinajstić information content (AvgIpc) is 2.37. The highest BCUT2D eigenvalue weighted by molar-refractivity contribution is 5.85. The van der Waals surface area contributed by atoms with Crippen molar-refractivity contribution >= 4 is 17.5 Å². The average molecular weight is 243 g/mol. The van der Waals surface area contributed by atoms with E-state index in [4.69, 9.17) is 0 Å². The van der Waals surface area contributed by atoms with Crippen molar-refractivity contribution in [3.05, 3.63) is 70.3 Å². The smallest absolute Gasteiger partial charge is 0.279 e. The van der Waals surface area contributed by atoms with Gasteiger partial charge in [0.1, 0.15) is 0 Å². The molecule has 0 fully saturated rings. The van der Waals surface area contributed by atoms with E-state index in [-0.39, 0.29) is 11.3 Å².